The second-order valence-corrected chi connectivity index (χ2v) is 5.01. The molecule has 0 saturated heterocycles. The van der Waals surface area contributed by atoms with Crippen LogP contribution < -0.4 is 0 Å². The summed E-state index contributed by atoms with van der Waals surface area (Å²) in [6.07, 6.45) is -6.89. The summed E-state index contributed by atoms with van der Waals surface area (Å²) in [5.41, 5.74) is -3.30. The number of allylic oxidation sites excluding steroid dienone is 1. The molecule has 1 aromatic rings. The number of nitrogens with zero attached hydrogens (tertiary/aromatic N) is 1. The normalized spacial score (nSPS) is 14.3. The number of alkyl halides is 3. The number of carbonyl (C=O) groups excluding carboxylic acids is 2. The highest BCUT2D eigenvalue weighted by molar-refractivity contribution is 6.21. The summed E-state index contributed by atoms with van der Waals surface area (Å²) in [6, 6.07) is 2.45. The van der Waals surface area contributed by atoms with Crippen LogP contribution in [0.15, 0.2) is 24.3 Å². The van der Waals surface area contributed by atoms with Crippen molar-refractivity contribution in [3.63, 3.8) is 0 Å². The molecule has 0 aromatic heterocycles. The van der Waals surface area contributed by atoms with Gasteiger partial charge in [0.15, 0.2) is 0 Å². The van der Waals surface area contributed by atoms with Crippen molar-refractivity contribution in [3.05, 3.63) is 41.0 Å². The number of amides is 2. The van der Waals surface area contributed by atoms with Crippen LogP contribution in [0.4, 0.5) is 22.0 Å². The molecule has 0 atom stereocenters. The summed E-state index contributed by atoms with van der Waals surface area (Å²) >= 11 is 0. The van der Waals surface area contributed by atoms with Gasteiger partial charge < -0.3 is 0 Å². The predicted octanol–water partition coefficient (Wildman–Crippen LogP) is 4.25. The summed E-state index contributed by atoms with van der Waals surface area (Å²) < 4.78 is 63.5. The highest BCUT2D eigenvalue weighted by Gasteiger charge is 2.41. The molecule has 23 heavy (non-hydrogen) atoms. The lowest BCUT2D eigenvalue weighted by Crippen LogP contribution is -2.30. The minimum Gasteiger partial charge on any atom is -0.274 e. The molecule has 1 aliphatic heterocycles. The van der Waals surface area contributed by atoms with Crippen LogP contribution in [0.2, 0.25) is 0 Å². The number of unbranched alkanes of at least 4 members (excludes halogenated alkanes) is 1. The third kappa shape index (κ3) is 3.11. The Morgan fingerprint density at radius 2 is 1.70 bits per heavy atom. The van der Waals surface area contributed by atoms with Crippen molar-refractivity contribution in [2.24, 2.45) is 0 Å². The van der Waals surface area contributed by atoms with Crippen LogP contribution in [0, 0.1) is 0 Å². The molecular weight excluding hydrogens is 321 g/mol. The molecule has 0 bridgehead atoms. The molecule has 3 nitrogen and oxygen atoms in total. The summed E-state index contributed by atoms with van der Waals surface area (Å²) in [5.74, 6) is -1.38. The minimum absolute atomic E-state index is 0.0735. The van der Waals surface area contributed by atoms with E-state index < -0.39 is 35.2 Å². The second-order valence-electron chi connectivity index (χ2n) is 5.01. The summed E-state index contributed by atoms with van der Waals surface area (Å²) in [7, 11) is 0. The molecule has 1 aromatic carbocycles. The average molecular weight is 333 g/mol. The predicted molar refractivity (Wildman–Crippen MR) is 71.9 cm³/mol. The fourth-order valence-corrected chi connectivity index (χ4v) is 2.35. The first kappa shape index (κ1) is 17.1. The standard InChI is InChI=1S/C15H12F5NO2/c1-2-3-6-21-13(22)9-5-4-8(7-10(9)14(21)23)11(12(16)17)15(18,19)20/h4-5,7H,2-3,6H2,1H3. The molecule has 0 N–H and O–H groups in total. The van der Waals surface area contributed by atoms with Crippen molar-refractivity contribution >= 4 is 17.4 Å². The minimum atomic E-state index is -5.26. The van der Waals surface area contributed by atoms with Crippen molar-refractivity contribution < 1.29 is 31.5 Å². The van der Waals surface area contributed by atoms with Gasteiger partial charge in [0.05, 0.1) is 11.1 Å². The fraction of sp³-hybridized carbons (Fsp3) is 0.333. The molecule has 0 radical (unpaired) electrons. The first-order valence-electron chi connectivity index (χ1n) is 6.81. The molecule has 0 unspecified atom stereocenters. The zero-order valence-electron chi connectivity index (χ0n) is 12.0. The van der Waals surface area contributed by atoms with E-state index in [1.165, 1.54) is 0 Å². The SMILES string of the molecule is CCCCN1C(=O)c2ccc(C(=C(F)F)C(F)(F)F)cc2C1=O. The third-order valence-corrected chi connectivity index (χ3v) is 3.47. The topological polar surface area (TPSA) is 37.4 Å². The van der Waals surface area contributed by atoms with E-state index in [1.54, 1.807) is 0 Å². The van der Waals surface area contributed by atoms with Crippen LogP contribution in [-0.4, -0.2) is 29.4 Å². The van der Waals surface area contributed by atoms with Gasteiger partial charge >= 0.3 is 6.18 Å². The second kappa shape index (κ2) is 6.10. The molecule has 0 spiro atoms. The smallest absolute Gasteiger partial charge is 0.274 e. The summed E-state index contributed by atoms with van der Waals surface area (Å²) in [6.45, 7) is 1.98. The maximum Gasteiger partial charge on any atom is 0.422 e. The Balaban J connectivity index is 2.47. The van der Waals surface area contributed by atoms with E-state index >= 15 is 0 Å². The van der Waals surface area contributed by atoms with Crippen molar-refractivity contribution in [2.45, 2.75) is 25.9 Å². The van der Waals surface area contributed by atoms with Crippen molar-refractivity contribution in [2.75, 3.05) is 6.54 Å². The number of halogens is 5. The fourth-order valence-electron chi connectivity index (χ4n) is 2.35. The lowest BCUT2D eigenvalue weighted by molar-refractivity contribution is -0.0711. The first-order valence-corrected chi connectivity index (χ1v) is 6.81. The lowest BCUT2D eigenvalue weighted by Gasteiger charge is -2.12. The number of carbonyl (C=O) groups is 2. The number of imide groups is 1. The zero-order valence-corrected chi connectivity index (χ0v) is 12.0. The Kier molecular flexibility index (Phi) is 4.53. The van der Waals surface area contributed by atoms with Crippen molar-refractivity contribution in [1.82, 2.24) is 4.90 Å². The summed E-state index contributed by atoms with van der Waals surface area (Å²) in [4.78, 5) is 25.1. The first-order chi connectivity index (χ1) is 10.7. The molecule has 1 heterocycles. The molecule has 2 rings (SSSR count). The van der Waals surface area contributed by atoms with Crippen LogP contribution in [0.25, 0.3) is 5.57 Å². The largest absolute Gasteiger partial charge is 0.422 e. The van der Waals surface area contributed by atoms with Gasteiger partial charge in [0.2, 0.25) is 0 Å². The van der Waals surface area contributed by atoms with E-state index in [4.69, 9.17) is 0 Å². The van der Waals surface area contributed by atoms with Gasteiger partial charge in [-0.25, -0.2) is 0 Å². The van der Waals surface area contributed by atoms with Gasteiger partial charge in [-0.05, 0) is 24.1 Å². The quantitative estimate of drug-likeness (QED) is 0.610. The third-order valence-electron chi connectivity index (χ3n) is 3.47. The Morgan fingerprint density at radius 3 is 2.22 bits per heavy atom. The highest BCUT2D eigenvalue weighted by atomic mass is 19.4. The summed E-state index contributed by atoms with van der Waals surface area (Å²) in [5, 5.41) is 0. The number of hydrogen-bond acceptors (Lipinski definition) is 2. The van der Waals surface area contributed by atoms with E-state index in [-0.39, 0.29) is 17.7 Å². The van der Waals surface area contributed by atoms with Gasteiger partial charge in [0, 0.05) is 6.54 Å². The molecule has 0 saturated carbocycles. The van der Waals surface area contributed by atoms with Gasteiger partial charge in [0.25, 0.3) is 17.9 Å². The van der Waals surface area contributed by atoms with Gasteiger partial charge in [-0.1, -0.05) is 19.4 Å². The Hall–Kier alpha value is -2.25. The number of benzene rings is 1. The van der Waals surface area contributed by atoms with E-state index in [0.717, 1.165) is 17.0 Å². The molecule has 1 aliphatic rings. The van der Waals surface area contributed by atoms with E-state index in [1.807, 2.05) is 6.92 Å². The van der Waals surface area contributed by atoms with Gasteiger partial charge in [0.1, 0.15) is 5.57 Å². The molecule has 124 valence electrons. The van der Waals surface area contributed by atoms with E-state index in [2.05, 4.69) is 0 Å². The average Bonchev–Trinajstić information content (AvgIpc) is 2.67. The monoisotopic (exact) mass is 333 g/mol. The number of fused-ring (bicyclic) bond motifs is 1. The van der Waals surface area contributed by atoms with Crippen LogP contribution in [0.5, 0.6) is 0 Å². The molecule has 2 amide bonds. The molecule has 0 aliphatic carbocycles. The number of rotatable bonds is 4. The van der Waals surface area contributed by atoms with Gasteiger partial charge in [-0.2, -0.15) is 22.0 Å². The van der Waals surface area contributed by atoms with Crippen LogP contribution in [0.3, 0.4) is 0 Å². The zero-order chi connectivity index (χ0) is 17.4. The maximum atomic E-state index is 12.7. The van der Waals surface area contributed by atoms with Crippen molar-refractivity contribution in [1.29, 1.82) is 0 Å². The maximum absolute atomic E-state index is 12.7. The molecule has 8 heteroatoms. The van der Waals surface area contributed by atoms with Crippen LogP contribution >= 0.6 is 0 Å². The highest BCUT2D eigenvalue weighted by Crippen LogP contribution is 2.38. The van der Waals surface area contributed by atoms with Crippen LogP contribution in [-0.2, 0) is 0 Å². The van der Waals surface area contributed by atoms with E-state index in [9.17, 15) is 31.5 Å². The van der Waals surface area contributed by atoms with Crippen LogP contribution in [0.1, 0.15) is 46.0 Å². The Morgan fingerprint density at radius 1 is 1.09 bits per heavy atom. The Labute approximate surface area is 128 Å². The van der Waals surface area contributed by atoms with Gasteiger partial charge in [-0.3, -0.25) is 14.5 Å². The molecular formula is C15H12F5NO2. The lowest BCUT2D eigenvalue weighted by atomic mass is 10.0. The Bertz CT molecular complexity index is 690. The number of hydrogen-bond donors (Lipinski definition) is 0. The van der Waals surface area contributed by atoms with E-state index in [0.29, 0.717) is 18.9 Å². The van der Waals surface area contributed by atoms with Gasteiger partial charge in [-0.15, -0.1) is 0 Å². The van der Waals surface area contributed by atoms with Crippen molar-refractivity contribution in [3.8, 4) is 0 Å². The molecule has 0 fully saturated rings.